The zero-order valence-electron chi connectivity index (χ0n) is 7.47. The molecule has 0 aliphatic heterocycles. The highest BCUT2D eigenvalue weighted by Crippen LogP contribution is 2.56. The van der Waals surface area contributed by atoms with Crippen LogP contribution in [0.25, 0.3) is 0 Å². The first-order valence-electron chi connectivity index (χ1n) is 3.98. The highest BCUT2D eigenvalue weighted by Gasteiger charge is 2.65. The van der Waals surface area contributed by atoms with Crippen molar-refractivity contribution < 1.29 is 9.90 Å². The number of rotatable bonds is 2. The van der Waals surface area contributed by atoms with E-state index in [4.69, 9.17) is 16.7 Å². The van der Waals surface area contributed by atoms with E-state index in [0.29, 0.717) is 0 Å². The van der Waals surface area contributed by atoms with Crippen molar-refractivity contribution in [3.8, 4) is 0 Å². The summed E-state index contributed by atoms with van der Waals surface area (Å²) in [6.07, 6.45) is 1.94. The number of carboxylic acid groups (broad SMARTS) is 1. The number of carbonyl (C=O) groups is 1. The van der Waals surface area contributed by atoms with Gasteiger partial charge in [-0.15, -0.1) is 11.6 Å². The minimum atomic E-state index is -1.03. The van der Waals surface area contributed by atoms with Crippen molar-refractivity contribution in [3.63, 3.8) is 0 Å². The van der Waals surface area contributed by atoms with Crippen LogP contribution in [-0.2, 0) is 4.79 Å². The summed E-state index contributed by atoms with van der Waals surface area (Å²) in [6, 6.07) is 0. The highest BCUT2D eigenvalue weighted by atomic mass is 35.5. The van der Waals surface area contributed by atoms with Gasteiger partial charge in [0.05, 0.1) is 0 Å². The monoisotopic (exact) mass is 188 g/mol. The molecule has 0 aromatic rings. The van der Waals surface area contributed by atoms with Crippen molar-refractivity contribution in [3.05, 3.63) is 11.6 Å². The first-order valence-corrected chi connectivity index (χ1v) is 4.35. The average Bonchev–Trinajstić information content (AvgIpc) is 2.41. The largest absolute Gasteiger partial charge is 0.480 e. The lowest BCUT2D eigenvalue weighted by molar-refractivity contribution is -0.137. The molecule has 1 N–H and O–H groups in total. The van der Waals surface area contributed by atoms with Crippen LogP contribution >= 0.6 is 11.6 Å². The SMILES string of the molecule is CC(C)=CC1C(C)C1(Cl)C(=O)O. The summed E-state index contributed by atoms with van der Waals surface area (Å²) in [5, 5.41) is 8.81. The number of carboxylic acids is 1. The predicted octanol–water partition coefficient (Wildman–Crippen LogP) is 2.28. The zero-order chi connectivity index (χ0) is 9.52. The van der Waals surface area contributed by atoms with Crippen LogP contribution in [0, 0.1) is 11.8 Å². The molecule has 0 amide bonds. The quantitative estimate of drug-likeness (QED) is 0.533. The van der Waals surface area contributed by atoms with Gasteiger partial charge in [0.2, 0.25) is 0 Å². The minimum Gasteiger partial charge on any atom is -0.480 e. The van der Waals surface area contributed by atoms with Crippen LogP contribution in [0.3, 0.4) is 0 Å². The number of hydrogen-bond acceptors (Lipinski definition) is 1. The van der Waals surface area contributed by atoms with Gasteiger partial charge in [-0.2, -0.15) is 0 Å². The van der Waals surface area contributed by atoms with Gasteiger partial charge in [-0.1, -0.05) is 18.6 Å². The van der Waals surface area contributed by atoms with E-state index in [-0.39, 0.29) is 11.8 Å². The summed E-state index contributed by atoms with van der Waals surface area (Å²) in [6.45, 7) is 5.76. The number of hydrogen-bond donors (Lipinski definition) is 1. The molecule has 0 heterocycles. The van der Waals surface area contributed by atoms with Crippen LogP contribution in [0.1, 0.15) is 20.8 Å². The average molecular weight is 189 g/mol. The highest BCUT2D eigenvalue weighted by molar-refractivity contribution is 6.37. The Kier molecular flexibility index (Phi) is 2.21. The lowest BCUT2D eigenvalue weighted by Gasteiger charge is -1.98. The Bertz CT molecular complexity index is 243. The maximum absolute atomic E-state index is 10.7. The van der Waals surface area contributed by atoms with Crippen molar-refractivity contribution >= 4 is 17.6 Å². The summed E-state index contributed by atoms with van der Waals surface area (Å²) in [4.78, 5) is 9.69. The number of allylic oxidation sites excluding steroid dienone is 2. The Morgan fingerprint density at radius 2 is 2.08 bits per heavy atom. The maximum atomic E-state index is 10.7. The molecule has 1 rings (SSSR count). The van der Waals surface area contributed by atoms with E-state index in [1.807, 2.05) is 26.8 Å². The summed E-state index contributed by atoms with van der Waals surface area (Å²) in [5.74, 6) is -0.854. The molecule has 0 radical (unpaired) electrons. The molecular formula is C9H13ClO2. The third-order valence-corrected chi connectivity index (χ3v) is 3.18. The Balaban J connectivity index is 2.77. The van der Waals surface area contributed by atoms with Crippen molar-refractivity contribution in [2.75, 3.05) is 0 Å². The normalized spacial score (nSPS) is 39.0. The van der Waals surface area contributed by atoms with Gasteiger partial charge in [0.25, 0.3) is 0 Å². The molecule has 0 aromatic carbocycles. The van der Waals surface area contributed by atoms with Gasteiger partial charge < -0.3 is 5.11 Å². The van der Waals surface area contributed by atoms with E-state index in [1.165, 1.54) is 0 Å². The summed E-state index contributed by atoms with van der Waals surface area (Å²) < 4.78 is 0. The standard InChI is InChI=1S/C9H13ClO2/c1-5(2)4-7-6(3)9(7,10)8(11)12/h4,6-7H,1-3H3,(H,11,12). The van der Waals surface area contributed by atoms with Crippen molar-refractivity contribution in [1.82, 2.24) is 0 Å². The maximum Gasteiger partial charge on any atom is 0.325 e. The van der Waals surface area contributed by atoms with Crippen LogP contribution in [-0.4, -0.2) is 16.0 Å². The molecule has 68 valence electrons. The molecule has 1 saturated carbocycles. The van der Waals surface area contributed by atoms with Crippen LogP contribution in [0.5, 0.6) is 0 Å². The van der Waals surface area contributed by atoms with Gasteiger partial charge in [0, 0.05) is 5.92 Å². The molecule has 3 unspecified atom stereocenters. The fourth-order valence-corrected chi connectivity index (χ4v) is 1.84. The van der Waals surface area contributed by atoms with Crippen molar-refractivity contribution in [2.45, 2.75) is 25.6 Å². The summed E-state index contributed by atoms with van der Waals surface area (Å²) >= 11 is 5.90. The zero-order valence-corrected chi connectivity index (χ0v) is 8.22. The molecule has 12 heavy (non-hydrogen) atoms. The molecule has 3 atom stereocenters. The van der Waals surface area contributed by atoms with Crippen molar-refractivity contribution in [1.29, 1.82) is 0 Å². The number of aliphatic carboxylic acids is 1. The third-order valence-electron chi connectivity index (χ3n) is 2.42. The molecule has 0 saturated heterocycles. The second kappa shape index (κ2) is 2.77. The van der Waals surface area contributed by atoms with Gasteiger partial charge in [0.1, 0.15) is 0 Å². The number of alkyl halides is 1. The number of halogens is 1. The van der Waals surface area contributed by atoms with Gasteiger partial charge >= 0.3 is 5.97 Å². The summed E-state index contributed by atoms with van der Waals surface area (Å²) in [7, 11) is 0. The van der Waals surface area contributed by atoms with Crippen LogP contribution < -0.4 is 0 Å². The van der Waals surface area contributed by atoms with Gasteiger partial charge in [-0.05, 0) is 19.8 Å². The Morgan fingerprint density at radius 1 is 1.58 bits per heavy atom. The molecule has 3 heteroatoms. The molecule has 1 aliphatic rings. The predicted molar refractivity (Wildman–Crippen MR) is 48.3 cm³/mol. The molecule has 2 nitrogen and oxygen atoms in total. The van der Waals surface area contributed by atoms with Crippen LogP contribution in [0.4, 0.5) is 0 Å². The van der Waals surface area contributed by atoms with Crippen LogP contribution in [0.2, 0.25) is 0 Å². The lowest BCUT2D eigenvalue weighted by atomic mass is 10.2. The molecule has 1 aliphatic carbocycles. The topological polar surface area (TPSA) is 37.3 Å². The molecule has 1 fully saturated rings. The van der Waals surface area contributed by atoms with Gasteiger partial charge in [0.15, 0.2) is 4.87 Å². The first kappa shape index (κ1) is 9.59. The van der Waals surface area contributed by atoms with E-state index in [9.17, 15) is 4.79 Å². The van der Waals surface area contributed by atoms with E-state index in [2.05, 4.69) is 0 Å². The van der Waals surface area contributed by atoms with E-state index in [0.717, 1.165) is 5.57 Å². The Hall–Kier alpha value is -0.500. The smallest absolute Gasteiger partial charge is 0.325 e. The first-order chi connectivity index (χ1) is 5.40. The van der Waals surface area contributed by atoms with Gasteiger partial charge in [-0.3, -0.25) is 4.79 Å². The fraction of sp³-hybridized carbons (Fsp3) is 0.667. The molecular weight excluding hydrogens is 176 g/mol. The molecule has 0 spiro atoms. The Morgan fingerprint density at radius 3 is 2.33 bits per heavy atom. The minimum absolute atomic E-state index is 0.00154. The Labute approximate surface area is 77.2 Å². The summed E-state index contributed by atoms with van der Waals surface area (Å²) in [5.41, 5.74) is 1.12. The van der Waals surface area contributed by atoms with Crippen molar-refractivity contribution in [2.24, 2.45) is 11.8 Å². The van der Waals surface area contributed by atoms with E-state index >= 15 is 0 Å². The van der Waals surface area contributed by atoms with Crippen LogP contribution in [0.15, 0.2) is 11.6 Å². The molecule has 0 aromatic heterocycles. The second-order valence-corrected chi connectivity index (χ2v) is 4.26. The van der Waals surface area contributed by atoms with Gasteiger partial charge in [-0.25, -0.2) is 0 Å². The fourth-order valence-electron chi connectivity index (χ4n) is 1.51. The third kappa shape index (κ3) is 1.24. The van der Waals surface area contributed by atoms with E-state index < -0.39 is 10.8 Å². The lowest BCUT2D eigenvalue weighted by Crippen LogP contribution is -2.18. The molecule has 0 bridgehead atoms. The second-order valence-electron chi connectivity index (χ2n) is 3.63. The van der Waals surface area contributed by atoms with E-state index in [1.54, 1.807) is 0 Å².